The summed E-state index contributed by atoms with van der Waals surface area (Å²) >= 11 is 1.39. The topological polar surface area (TPSA) is 75.2 Å². The van der Waals surface area contributed by atoms with Crippen LogP contribution in [-0.4, -0.2) is 39.8 Å². The van der Waals surface area contributed by atoms with Crippen molar-refractivity contribution in [1.82, 2.24) is 14.9 Å². The van der Waals surface area contributed by atoms with Crippen molar-refractivity contribution < 1.29 is 9.59 Å². The number of pyridine rings is 1. The Morgan fingerprint density at radius 1 is 1.25 bits per heavy atom. The van der Waals surface area contributed by atoms with E-state index in [4.69, 9.17) is 0 Å². The maximum absolute atomic E-state index is 13.2. The number of hydrogen-bond acceptors (Lipinski definition) is 5. The molecule has 28 heavy (non-hydrogen) atoms. The summed E-state index contributed by atoms with van der Waals surface area (Å²) in [5.41, 5.74) is 3.35. The average Bonchev–Trinajstić information content (AvgIpc) is 3.20. The number of hydrogen-bond donors (Lipinski definition) is 1. The third kappa shape index (κ3) is 3.75. The number of aryl methyl sites for hydroxylation is 2. The molecule has 3 aromatic rings. The summed E-state index contributed by atoms with van der Waals surface area (Å²) in [7, 11) is 0. The number of aromatic nitrogens is 2. The summed E-state index contributed by atoms with van der Waals surface area (Å²) in [5.74, 6) is -0.353. The number of amides is 2. The fourth-order valence-corrected chi connectivity index (χ4v) is 4.18. The summed E-state index contributed by atoms with van der Waals surface area (Å²) in [6.45, 7) is 4.96. The van der Waals surface area contributed by atoms with Crippen LogP contribution in [0.4, 0.5) is 5.13 Å². The van der Waals surface area contributed by atoms with E-state index < -0.39 is 0 Å². The van der Waals surface area contributed by atoms with Crippen molar-refractivity contribution in [3.05, 3.63) is 52.7 Å². The van der Waals surface area contributed by atoms with E-state index >= 15 is 0 Å². The van der Waals surface area contributed by atoms with Crippen molar-refractivity contribution in [2.24, 2.45) is 5.92 Å². The fraction of sp³-hybridized carbons (Fsp3) is 0.333. The highest BCUT2D eigenvalue weighted by atomic mass is 32.1. The molecule has 1 aliphatic heterocycles. The van der Waals surface area contributed by atoms with Crippen molar-refractivity contribution in [3.63, 3.8) is 0 Å². The molecule has 7 heteroatoms. The quantitative estimate of drug-likeness (QED) is 0.733. The molecule has 1 aromatic carbocycles. The number of nitrogens with zero attached hydrogens (tertiary/aromatic N) is 3. The molecule has 4 rings (SSSR count). The van der Waals surface area contributed by atoms with Crippen molar-refractivity contribution >= 4 is 39.2 Å². The van der Waals surface area contributed by atoms with E-state index in [1.165, 1.54) is 11.3 Å². The number of thiazole rings is 1. The molecule has 1 fully saturated rings. The van der Waals surface area contributed by atoms with Crippen LogP contribution in [0, 0.1) is 19.8 Å². The van der Waals surface area contributed by atoms with Crippen molar-refractivity contribution in [2.75, 3.05) is 18.4 Å². The Hall–Kier alpha value is -2.80. The van der Waals surface area contributed by atoms with Gasteiger partial charge in [-0.25, -0.2) is 4.98 Å². The lowest BCUT2D eigenvalue weighted by Gasteiger charge is -2.32. The molecule has 1 saturated heterocycles. The van der Waals surface area contributed by atoms with Crippen LogP contribution in [0.5, 0.6) is 0 Å². The molecule has 6 nitrogen and oxygen atoms in total. The van der Waals surface area contributed by atoms with Crippen LogP contribution in [0.1, 0.15) is 34.5 Å². The van der Waals surface area contributed by atoms with E-state index in [1.54, 1.807) is 11.1 Å². The highest BCUT2D eigenvalue weighted by molar-refractivity contribution is 7.13. The smallest absolute Gasteiger partial charge is 0.255 e. The number of likely N-dealkylation sites (tertiary alicyclic amines) is 1. The summed E-state index contributed by atoms with van der Waals surface area (Å²) in [6, 6.07) is 7.96. The molecule has 0 radical (unpaired) electrons. The first kappa shape index (κ1) is 18.6. The molecule has 144 valence electrons. The Kier molecular flexibility index (Phi) is 5.09. The van der Waals surface area contributed by atoms with E-state index in [2.05, 4.69) is 15.3 Å². The van der Waals surface area contributed by atoms with Crippen LogP contribution in [0.15, 0.2) is 35.8 Å². The standard InChI is InChI=1S/C21H22N4O2S/c1-13-5-6-18-16(10-13)11-17(14(2)23-18)20(27)25-8-3-4-15(12-25)19(26)24-21-22-7-9-28-21/h5-7,9-11,15H,3-4,8,12H2,1-2H3,(H,22,24,26). The molecule has 3 heterocycles. The van der Waals surface area contributed by atoms with Gasteiger partial charge in [0.1, 0.15) is 0 Å². The number of piperidine rings is 1. The number of rotatable bonds is 3. The van der Waals surface area contributed by atoms with E-state index in [0.29, 0.717) is 23.8 Å². The van der Waals surface area contributed by atoms with Crippen molar-refractivity contribution in [2.45, 2.75) is 26.7 Å². The van der Waals surface area contributed by atoms with Gasteiger partial charge in [0.05, 0.1) is 22.7 Å². The van der Waals surface area contributed by atoms with E-state index in [-0.39, 0.29) is 17.7 Å². The first-order valence-corrected chi connectivity index (χ1v) is 10.3. The predicted octanol–water partition coefficient (Wildman–Crippen LogP) is 3.80. The third-order valence-corrected chi connectivity index (χ3v) is 5.82. The minimum atomic E-state index is -0.224. The first-order valence-electron chi connectivity index (χ1n) is 9.39. The third-order valence-electron chi connectivity index (χ3n) is 5.13. The summed E-state index contributed by atoms with van der Waals surface area (Å²) in [6.07, 6.45) is 3.24. The highest BCUT2D eigenvalue weighted by Gasteiger charge is 2.30. The van der Waals surface area contributed by atoms with Crippen LogP contribution in [0.2, 0.25) is 0 Å². The molecular formula is C21H22N4O2S. The molecule has 0 saturated carbocycles. The van der Waals surface area contributed by atoms with Crippen molar-refractivity contribution in [1.29, 1.82) is 0 Å². The van der Waals surface area contributed by atoms with E-state index in [1.807, 2.05) is 43.5 Å². The van der Waals surface area contributed by atoms with Gasteiger partial charge in [-0.2, -0.15) is 0 Å². The molecule has 0 bridgehead atoms. The van der Waals surface area contributed by atoms with Gasteiger partial charge in [-0.3, -0.25) is 14.6 Å². The second kappa shape index (κ2) is 7.67. The van der Waals surface area contributed by atoms with Gasteiger partial charge < -0.3 is 10.2 Å². The summed E-state index contributed by atoms with van der Waals surface area (Å²) in [5, 5.41) is 6.23. The second-order valence-corrected chi connectivity index (χ2v) is 8.13. The SMILES string of the molecule is Cc1ccc2nc(C)c(C(=O)N3CCCC(C(=O)Nc4nccs4)C3)cc2c1. The van der Waals surface area contributed by atoms with Gasteiger partial charge in [0.15, 0.2) is 5.13 Å². The number of carbonyl (C=O) groups is 2. The molecule has 1 aliphatic rings. The van der Waals surface area contributed by atoms with Crippen molar-refractivity contribution in [3.8, 4) is 0 Å². The van der Waals surface area contributed by atoms with Gasteiger partial charge in [0.25, 0.3) is 5.91 Å². The van der Waals surface area contributed by atoms with Gasteiger partial charge in [-0.1, -0.05) is 11.6 Å². The molecule has 2 aromatic heterocycles. The number of anilines is 1. The molecule has 0 aliphatic carbocycles. The van der Waals surface area contributed by atoms with Crippen LogP contribution < -0.4 is 5.32 Å². The monoisotopic (exact) mass is 394 g/mol. The number of nitrogens with one attached hydrogen (secondary N) is 1. The lowest BCUT2D eigenvalue weighted by Crippen LogP contribution is -2.44. The summed E-state index contributed by atoms with van der Waals surface area (Å²) < 4.78 is 0. The van der Waals surface area contributed by atoms with Crippen LogP contribution >= 0.6 is 11.3 Å². The molecule has 1 unspecified atom stereocenters. The average molecular weight is 395 g/mol. The Morgan fingerprint density at radius 3 is 2.89 bits per heavy atom. The predicted molar refractivity (Wildman–Crippen MR) is 111 cm³/mol. The fourth-order valence-electron chi connectivity index (χ4n) is 3.65. The molecule has 2 amide bonds. The summed E-state index contributed by atoms with van der Waals surface area (Å²) in [4.78, 5) is 36.2. The van der Waals surface area contributed by atoms with Crippen LogP contribution in [0.25, 0.3) is 10.9 Å². The van der Waals surface area contributed by atoms with Gasteiger partial charge in [-0.15, -0.1) is 11.3 Å². The van der Waals surface area contributed by atoms with E-state index in [9.17, 15) is 9.59 Å². The minimum Gasteiger partial charge on any atom is -0.338 e. The van der Waals surface area contributed by atoms with Crippen LogP contribution in [0.3, 0.4) is 0 Å². The largest absolute Gasteiger partial charge is 0.338 e. The zero-order chi connectivity index (χ0) is 19.7. The zero-order valence-electron chi connectivity index (χ0n) is 15.9. The minimum absolute atomic E-state index is 0.0554. The van der Waals surface area contributed by atoms with Gasteiger partial charge in [0, 0.05) is 30.1 Å². The van der Waals surface area contributed by atoms with Gasteiger partial charge in [-0.05, 0) is 44.9 Å². The molecular weight excluding hydrogens is 372 g/mol. The Bertz CT molecular complexity index is 1030. The van der Waals surface area contributed by atoms with Gasteiger partial charge in [0.2, 0.25) is 5.91 Å². The first-order chi connectivity index (χ1) is 13.5. The van der Waals surface area contributed by atoms with Gasteiger partial charge >= 0.3 is 0 Å². The lowest BCUT2D eigenvalue weighted by atomic mass is 9.96. The highest BCUT2D eigenvalue weighted by Crippen LogP contribution is 2.24. The second-order valence-electron chi connectivity index (χ2n) is 7.23. The maximum atomic E-state index is 13.2. The lowest BCUT2D eigenvalue weighted by molar-refractivity contribution is -0.121. The molecule has 1 atom stereocenters. The zero-order valence-corrected chi connectivity index (χ0v) is 16.8. The number of carbonyl (C=O) groups excluding carboxylic acids is 2. The molecule has 1 N–H and O–H groups in total. The maximum Gasteiger partial charge on any atom is 0.255 e. The molecule has 0 spiro atoms. The van der Waals surface area contributed by atoms with E-state index in [0.717, 1.165) is 35.0 Å². The van der Waals surface area contributed by atoms with Crippen LogP contribution in [-0.2, 0) is 4.79 Å². The number of fused-ring (bicyclic) bond motifs is 1. The Labute approximate surface area is 167 Å². The number of benzene rings is 1. The Morgan fingerprint density at radius 2 is 2.11 bits per heavy atom. The Balaban J connectivity index is 1.53. The normalized spacial score (nSPS) is 16.9.